The predicted octanol–water partition coefficient (Wildman–Crippen LogP) is 3.37. The van der Waals surface area contributed by atoms with Crippen molar-refractivity contribution in [2.75, 3.05) is 11.9 Å². The van der Waals surface area contributed by atoms with Gasteiger partial charge in [0, 0.05) is 25.8 Å². The lowest BCUT2D eigenvalue weighted by Gasteiger charge is -2.29. The molecular weight excluding hydrogens is 373 g/mol. The molecule has 0 fully saturated rings. The number of carbonyl (C=O) groups excluding carboxylic acids is 1. The molecule has 1 aromatic carbocycles. The molecule has 0 saturated carbocycles. The van der Waals surface area contributed by atoms with Gasteiger partial charge in [0.1, 0.15) is 5.82 Å². The van der Waals surface area contributed by atoms with Gasteiger partial charge in [-0.1, -0.05) is 29.3 Å². The predicted molar refractivity (Wildman–Crippen MR) is 104 cm³/mol. The molecule has 3 rings (SSSR count). The third kappa shape index (κ3) is 4.58. The fourth-order valence-electron chi connectivity index (χ4n) is 2.86. The summed E-state index contributed by atoms with van der Waals surface area (Å²) in [5.74, 6) is 0.719. The average Bonchev–Trinajstić information content (AvgIpc) is 2.61. The summed E-state index contributed by atoms with van der Waals surface area (Å²) >= 11 is 11.9. The number of carbonyl (C=O) groups is 1. The summed E-state index contributed by atoms with van der Waals surface area (Å²) in [6.45, 7) is 3.44. The molecule has 2 heterocycles. The van der Waals surface area contributed by atoms with E-state index in [9.17, 15) is 4.79 Å². The summed E-state index contributed by atoms with van der Waals surface area (Å²) in [6, 6.07) is 7.17. The van der Waals surface area contributed by atoms with Crippen molar-refractivity contribution in [1.82, 2.24) is 15.2 Å². The van der Waals surface area contributed by atoms with Gasteiger partial charge in [-0.3, -0.25) is 0 Å². The number of nitrogens with one attached hydrogen (secondary N) is 2. The number of rotatable bonds is 4. The van der Waals surface area contributed by atoms with Crippen LogP contribution in [0.3, 0.4) is 0 Å². The molecule has 2 amide bonds. The van der Waals surface area contributed by atoms with Crippen LogP contribution in [0.2, 0.25) is 10.0 Å². The second-order valence-electron chi connectivity index (χ2n) is 6.35. The molecule has 1 aromatic heterocycles. The van der Waals surface area contributed by atoms with E-state index in [0.717, 1.165) is 28.9 Å². The van der Waals surface area contributed by atoms with Crippen LogP contribution in [-0.4, -0.2) is 28.6 Å². The third-order valence-electron chi connectivity index (χ3n) is 4.19. The highest BCUT2D eigenvalue weighted by atomic mass is 35.5. The maximum atomic E-state index is 12.5. The van der Waals surface area contributed by atoms with Crippen molar-refractivity contribution in [2.45, 2.75) is 32.6 Å². The van der Waals surface area contributed by atoms with E-state index in [4.69, 9.17) is 28.9 Å². The molecule has 1 unspecified atom stereocenters. The van der Waals surface area contributed by atoms with E-state index in [1.165, 1.54) is 0 Å². The van der Waals surface area contributed by atoms with Gasteiger partial charge < -0.3 is 21.3 Å². The third-order valence-corrected chi connectivity index (χ3v) is 4.92. The van der Waals surface area contributed by atoms with E-state index in [1.54, 1.807) is 17.0 Å². The van der Waals surface area contributed by atoms with Crippen LogP contribution in [0.25, 0.3) is 0 Å². The fourth-order valence-corrected chi connectivity index (χ4v) is 3.18. The molecule has 0 spiro atoms. The number of benzene rings is 1. The van der Waals surface area contributed by atoms with Gasteiger partial charge in [0.2, 0.25) is 0 Å². The molecule has 2 aromatic rings. The fraction of sp³-hybridized carbons (Fsp3) is 0.333. The lowest BCUT2D eigenvalue weighted by atomic mass is 10.0. The highest BCUT2D eigenvalue weighted by Gasteiger charge is 2.21. The van der Waals surface area contributed by atoms with Crippen molar-refractivity contribution in [3.8, 4) is 0 Å². The van der Waals surface area contributed by atoms with E-state index >= 15 is 0 Å². The second-order valence-corrected chi connectivity index (χ2v) is 7.16. The van der Waals surface area contributed by atoms with Crippen LogP contribution in [-0.2, 0) is 19.5 Å². The van der Waals surface area contributed by atoms with Crippen LogP contribution in [0, 0.1) is 0 Å². The van der Waals surface area contributed by atoms with Crippen molar-refractivity contribution in [3.63, 3.8) is 0 Å². The van der Waals surface area contributed by atoms with Gasteiger partial charge in [0.25, 0.3) is 0 Å². The Hall–Kier alpha value is -2.02. The van der Waals surface area contributed by atoms with Crippen molar-refractivity contribution in [2.24, 2.45) is 5.73 Å². The summed E-state index contributed by atoms with van der Waals surface area (Å²) in [6.07, 6.45) is 2.45. The molecule has 4 N–H and O–H groups in total. The Kier molecular flexibility index (Phi) is 5.86. The van der Waals surface area contributed by atoms with E-state index in [0.29, 0.717) is 29.7 Å². The first kappa shape index (κ1) is 18.8. The molecule has 1 aliphatic rings. The first-order chi connectivity index (χ1) is 12.4. The quantitative estimate of drug-likeness (QED) is 0.695. The van der Waals surface area contributed by atoms with E-state index in [1.807, 2.05) is 25.3 Å². The molecule has 26 heavy (non-hydrogen) atoms. The van der Waals surface area contributed by atoms with Crippen molar-refractivity contribution in [3.05, 3.63) is 57.2 Å². The number of pyridine rings is 1. The van der Waals surface area contributed by atoms with Gasteiger partial charge in [-0.2, -0.15) is 0 Å². The molecule has 0 saturated heterocycles. The number of fused-ring (bicyclic) bond motifs is 1. The minimum absolute atomic E-state index is 0.111. The Bertz CT molecular complexity index is 812. The number of hydrogen-bond donors (Lipinski definition) is 3. The number of amides is 2. The molecule has 6 nitrogen and oxygen atoms in total. The van der Waals surface area contributed by atoms with Crippen LogP contribution in [0.1, 0.15) is 23.6 Å². The Labute approximate surface area is 162 Å². The van der Waals surface area contributed by atoms with Crippen LogP contribution < -0.4 is 16.4 Å². The first-order valence-corrected chi connectivity index (χ1v) is 9.14. The summed E-state index contributed by atoms with van der Waals surface area (Å²) in [5.41, 5.74) is 8.89. The van der Waals surface area contributed by atoms with Gasteiger partial charge in [0.15, 0.2) is 0 Å². The summed E-state index contributed by atoms with van der Waals surface area (Å²) in [5, 5.41) is 6.98. The molecule has 8 heteroatoms. The van der Waals surface area contributed by atoms with Gasteiger partial charge in [-0.25, -0.2) is 9.78 Å². The van der Waals surface area contributed by atoms with Gasteiger partial charge in [0.05, 0.1) is 16.2 Å². The Balaban J connectivity index is 1.62. The molecule has 0 aliphatic carbocycles. The SMILES string of the molecule is CC(N)Nc1cc2c(cn1)CCN(C(=O)NCc1ccc(Cl)c(Cl)c1)C2. The zero-order valence-corrected chi connectivity index (χ0v) is 15.9. The number of nitrogens with zero attached hydrogens (tertiary/aromatic N) is 2. The first-order valence-electron chi connectivity index (χ1n) is 8.39. The average molecular weight is 394 g/mol. The number of halogens is 2. The number of hydrogen-bond acceptors (Lipinski definition) is 4. The lowest BCUT2D eigenvalue weighted by Crippen LogP contribution is -2.42. The molecule has 1 atom stereocenters. The Morgan fingerprint density at radius 2 is 2.12 bits per heavy atom. The monoisotopic (exact) mass is 393 g/mol. The Morgan fingerprint density at radius 1 is 1.31 bits per heavy atom. The molecule has 1 aliphatic heterocycles. The Morgan fingerprint density at radius 3 is 2.85 bits per heavy atom. The summed E-state index contributed by atoms with van der Waals surface area (Å²) in [7, 11) is 0. The normalized spacial score (nSPS) is 14.5. The second kappa shape index (κ2) is 8.12. The van der Waals surface area contributed by atoms with Crippen LogP contribution in [0.5, 0.6) is 0 Å². The highest BCUT2D eigenvalue weighted by Crippen LogP contribution is 2.23. The minimum atomic E-state index is -0.185. The van der Waals surface area contributed by atoms with E-state index < -0.39 is 0 Å². The van der Waals surface area contributed by atoms with Crippen molar-refractivity contribution >= 4 is 35.1 Å². The van der Waals surface area contributed by atoms with Crippen LogP contribution in [0.4, 0.5) is 10.6 Å². The summed E-state index contributed by atoms with van der Waals surface area (Å²) in [4.78, 5) is 18.6. The number of urea groups is 1. The molecule has 0 radical (unpaired) electrons. The largest absolute Gasteiger partial charge is 0.355 e. The number of anilines is 1. The van der Waals surface area contributed by atoms with Crippen LogP contribution >= 0.6 is 23.2 Å². The lowest BCUT2D eigenvalue weighted by molar-refractivity contribution is 0.192. The van der Waals surface area contributed by atoms with Gasteiger partial charge in [-0.15, -0.1) is 0 Å². The standard InChI is InChI=1S/C18H21Cl2N5O/c1-11(21)24-17-7-14-10-25(5-4-13(14)9-22-17)18(26)23-8-12-2-3-15(19)16(20)6-12/h2-3,6-7,9,11H,4-5,8,10,21H2,1H3,(H,22,24)(H,23,26). The zero-order chi connectivity index (χ0) is 18.7. The summed E-state index contributed by atoms with van der Waals surface area (Å²) < 4.78 is 0. The molecular formula is C18H21Cl2N5O. The van der Waals surface area contributed by atoms with E-state index in [2.05, 4.69) is 15.6 Å². The number of aromatic nitrogens is 1. The maximum Gasteiger partial charge on any atom is 0.317 e. The minimum Gasteiger partial charge on any atom is -0.355 e. The van der Waals surface area contributed by atoms with Crippen molar-refractivity contribution in [1.29, 1.82) is 0 Å². The van der Waals surface area contributed by atoms with Crippen LogP contribution in [0.15, 0.2) is 30.5 Å². The zero-order valence-electron chi connectivity index (χ0n) is 14.4. The smallest absolute Gasteiger partial charge is 0.317 e. The highest BCUT2D eigenvalue weighted by molar-refractivity contribution is 6.42. The maximum absolute atomic E-state index is 12.5. The molecule has 0 bridgehead atoms. The topological polar surface area (TPSA) is 83.3 Å². The van der Waals surface area contributed by atoms with Crippen molar-refractivity contribution < 1.29 is 4.79 Å². The van der Waals surface area contributed by atoms with E-state index in [-0.39, 0.29) is 12.2 Å². The van der Waals surface area contributed by atoms with Gasteiger partial charge in [-0.05, 0) is 48.2 Å². The van der Waals surface area contributed by atoms with Gasteiger partial charge >= 0.3 is 6.03 Å². The molecule has 138 valence electrons. The number of nitrogens with two attached hydrogens (primary N) is 1.